The highest BCUT2D eigenvalue weighted by atomic mass is 16.5. The van der Waals surface area contributed by atoms with Crippen molar-refractivity contribution in [2.75, 3.05) is 23.9 Å². The van der Waals surface area contributed by atoms with Gasteiger partial charge in [-0.1, -0.05) is 18.2 Å². The fourth-order valence-corrected chi connectivity index (χ4v) is 4.01. The van der Waals surface area contributed by atoms with Crippen LogP contribution in [0.1, 0.15) is 35.2 Å². The van der Waals surface area contributed by atoms with Crippen molar-refractivity contribution in [3.8, 4) is 0 Å². The molecule has 0 bridgehead atoms. The number of carbonyl (C=O) groups excluding carboxylic acids is 2. The third-order valence-electron chi connectivity index (χ3n) is 5.46. The average molecular weight is 365 g/mol. The summed E-state index contributed by atoms with van der Waals surface area (Å²) in [6, 6.07) is 11.9. The molecular formula is C21H23N3O3. The molecule has 2 atom stereocenters. The van der Waals surface area contributed by atoms with E-state index in [-0.39, 0.29) is 23.8 Å². The SMILES string of the molecule is COC(=O)[C@H]1CC[C@@H](Nc2ccc(C(=O)N3CCc4ccccc43)cn2)C1. The lowest BCUT2D eigenvalue weighted by molar-refractivity contribution is -0.145. The maximum atomic E-state index is 12.8. The molecule has 0 saturated heterocycles. The van der Waals surface area contributed by atoms with E-state index in [0.717, 1.165) is 37.2 Å². The first kappa shape index (κ1) is 17.5. The number of aromatic nitrogens is 1. The zero-order valence-electron chi connectivity index (χ0n) is 15.4. The van der Waals surface area contributed by atoms with Gasteiger partial charge in [0, 0.05) is 24.5 Å². The zero-order valence-corrected chi connectivity index (χ0v) is 15.4. The van der Waals surface area contributed by atoms with Gasteiger partial charge < -0.3 is 15.0 Å². The van der Waals surface area contributed by atoms with Crippen LogP contribution in [0.3, 0.4) is 0 Å². The van der Waals surface area contributed by atoms with Crippen LogP contribution >= 0.6 is 0 Å². The number of ether oxygens (including phenoxy) is 1. The van der Waals surface area contributed by atoms with E-state index in [4.69, 9.17) is 4.74 Å². The van der Waals surface area contributed by atoms with Gasteiger partial charge in [-0.2, -0.15) is 0 Å². The molecule has 2 aromatic rings. The molecule has 1 aromatic heterocycles. The Morgan fingerprint density at radius 2 is 2.04 bits per heavy atom. The van der Waals surface area contributed by atoms with E-state index < -0.39 is 0 Å². The minimum Gasteiger partial charge on any atom is -0.469 e. The molecule has 4 rings (SSSR count). The molecule has 0 spiro atoms. The standard InChI is InChI=1S/C21H23N3O3/c1-27-21(26)15-6-8-17(12-15)23-19-9-7-16(13-22-19)20(25)24-11-10-14-4-2-3-5-18(14)24/h2-5,7,9,13,15,17H,6,8,10-12H2,1H3,(H,22,23)/t15-,17+/m0/s1. The van der Waals surface area contributed by atoms with E-state index in [1.807, 2.05) is 35.2 Å². The summed E-state index contributed by atoms with van der Waals surface area (Å²) in [5.41, 5.74) is 2.78. The van der Waals surface area contributed by atoms with Crippen LogP contribution in [0, 0.1) is 5.92 Å². The molecule has 2 heterocycles. The lowest BCUT2D eigenvalue weighted by Gasteiger charge is -2.18. The van der Waals surface area contributed by atoms with E-state index in [9.17, 15) is 9.59 Å². The molecule has 6 nitrogen and oxygen atoms in total. The van der Waals surface area contributed by atoms with Crippen LogP contribution in [0.15, 0.2) is 42.6 Å². The van der Waals surface area contributed by atoms with Crippen LogP contribution in [0.5, 0.6) is 0 Å². The Labute approximate surface area is 158 Å². The second-order valence-corrected chi connectivity index (χ2v) is 7.14. The largest absolute Gasteiger partial charge is 0.469 e. The minimum absolute atomic E-state index is 0.0226. The number of nitrogens with zero attached hydrogens (tertiary/aromatic N) is 2. The van der Waals surface area contributed by atoms with Gasteiger partial charge in [-0.15, -0.1) is 0 Å². The number of hydrogen-bond donors (Lipinski definition) is 1. The Hall–Kier alpha value is -2.89. The van der Waals surface area contributed by atoms with Gasteiger partial charge >= 0.3 is 5.97 Å². The highest BCUT2D eigenvalue weighted by Gasteiger charge is 2.31. The van der Waals surface area contributed by atoms with Gasteiger partial charge in [-0.05, 0) is 49.4 Å². The highest BCUT2D eigenvalue weighted by molar-refractivity contribution is 6.07. The zero-order chi connectivity index (χ0) is 18.8. The molecule has 0 radical (unpaired) electrons. The summed E-state index contributed by atoms with van der Waals surface area (Å²) in [6.45, 7) is 0.704. The van der Waals surface area contributed by atoms with Crippen LogP contribution in [0.2, 0.25) is 0 Å². The third-order valence-corrected chi connectivity index (χ3v) is 5.46. The Morgan fingerprint density at radius 1 is 1.19 bits per heavy atom. The average Bonchev–Trinajstić information content (AvgIpc) is 3.34. The minimum atomic E-state index is -0.140. The van der Waals surface area contributed by atoms with Crippen molar-refractivity contribution in [1.29, 1.82) is 0 Å². The Balaban J connectivity index is 1.40. The summed E-state index contributed by atoms with van der Waals surface area (Å²) in [6.07, 6.45) is 5.00. The predicted molar refractivity (Wildman–Crippen MR) is 103 cm³/mol. The number of pyridine rings is 1. The molecule has 140 valence electrons. The third kappa shape index (κ3) is 3.52. The van der Waals surface area contributed by atoms with E-state index in [1.54, 1.807) is 6.20 Å². The number of carbonyl (C=O) groups is 2. The monoisotopic (exact) mass is 365 g/mol. The second kappa shape index (κ2) is 7.39. The van der Waals surface area contributed by atoms with Crippen molar-refractivity contribution in [3.05, 3.63) is 53.7 Å². The van der Waals surface area contributed by atoms with Gasteiger partial charge in [0.1, 0.15) is 5.82 Å². The highest BCUT2D eigenvalue weighted by Crippen LogP contribution is 2.30. The van der Waals surface area contributed by atoms with Crippen LogP contribution in [0.4, 0.5) is 11.5 Å². The van der Waals surface area contributed by atoms with Gasteiger partial charge in [0.15, 0.2) is 0 Å². The molecule has 6 heteroatoms. The fraction of sp³-hybridized carbons (Fsp3) is 0.381. The number of rotatable bonds is 4. The lowest BCUT2D eigenvalue weighted by Crippen LogP contribution is -2.29. The summed E-state index contributed by atoms with van der Waals surface area (Å²) in [5.74, 6) is 0.525. The summed E-state index contributed by atoms with van der Waals surface area (Å²) in [5, 5.41) is 3.36. The Morgan fingerprint density at radius 3 is 2.81 bits per heavy atom. The summed E-state index contributed by atoms with van der Waals surface area (Å²) >= 11 is 0. The topological polar surface area (TPSA) is 71.5 Å². The fourth-order valence-electron chi connectivity index (χ4n) is 4.01. The molecule has 1 aliphatic heterocycles. The molecule has 1 amide bonds. The molecule has 1 aliphatic carbocycles. The summed E-state index contributed by atoms with van der Waals surface area (Å²) in [4.78, 5) is 30.7. The van der Waals surface area contributed by atoms with Crippen LogP contribution < -0.4 is 10.2 Å². The first-order valence-corrected chi connectivity index (χ1v) is 9.36. The first-order valence-electron chi connectivity index (χ1n) is 9.36. The van der Waals surface area contributed by atoms with Crippen LogP contribution in [-0.4, -0.2) is 36.6 Å². The van der Waals surface area contributed by atoms with Gasteiger partial charge in [0.2, 0.25) is 0 Å². The van der Waals surface area contributed by atoms with Gasteiger partial charge in [-0.3, -0.25) is 9.59 Å². The van der Waals surface area contributed by atoms with Crippen molar-refractivity contribution in [3.63, 3.8) is 0 Å². The summed E-state index contributed by atoms with van der Waals surface area (Å²) in [7, 11) is 1.43. The van der Waals surface area contributed by atoms with E-state index in [2.05, 4.69) is 16.4 Å². The Bertz CT molecular complexity index is 850. The van der Waals surface area contributed by atoms with Crippen LogP contribution in [0.25, 0.3) is 0 Å². The molecular weight excluding hydrogens is 342 g/mol. The predicted octanol–water partition coefficient (Wildman–Crippen LogP) is 3.04. The van der Waals surface area contributed by atoms with E-state index in [1.165, 1.54) is 12.7 Å². The number of hydrogen-bond acceptors (Lipinski definition) is 5. The van der Waals surface area contributed by atoms with Crippen LogP contribution in [-0.2, 0) is 16.0 Å². The molecule has 1 aromatic carbocycles. The maximum Gasteiger partial charge on any atom is 0.308 e. The number of esters is 1. The first-order chi connectivity index (χ1) is 13.2. The van der Waals surface area contributed by atoms with Gasteiger partial charge in [0.05, 0.1) is 18.6 Å². The normalized spacial score (nSPS) is 21.0. The quantitative estimate of drug-likeness (QED) is 0.843. The number of para-hydroxylation sites is 1. The van der Waals surface area contributed by atoms with E-state index in [0.29, 0.717) is 12.1 Å². The van der Waals surface area contributed by atoms with Crippen molar-refractivity contribution in [2.24, 2.45) is 5.92 Å². The number of nitrogens with one attached hydrogen (secondary N) is 1. The lowest BCUT2D eigenvalue weighted by atomic mass is 10.1. The number of benzene rings is 1. The van der Waals surface area contributed by atoms with Crippen molar-refractivity contribution in [1.82, 2.24) is 4.98 Å². The number of methoxy groups -OCH3 is 1. The van der Waals surface area contributed by atoms with E-state index >= 15 is 0 Å². The number of anilines is 2. The number of amides is 1. The second-order valence-electron chi connectivity index (χ2n) is 7.14. The molecule has 1 fully saturated rings. The van der Waals surface area contributed by atoms with Crippen molar-refractivity contribution in [2.45, 2.75) is 31.7 Å². The molecule has 1 saturated carbocycles. The molecule has 2 aliphatic rings. The number of fused-ring (bicyclic) bond motifs is 1. The van der Waals surface area contributed by atoms with Crippen molar-refractivity contribution >= 4 is 23.4 Å². The maximum absolute atomic E-state index is 12.8. The summed E-state index contributed by atoms with van der Waals surface area (Å²) < 4.78 is 4.82. The Kier molecular flexibility index (Phi) is 4.79. The van der Waals surface area contributed by atoms with Crippen molar-refractivity contribution < 1.29 is 14.3 Å². The van der Waals surface area contributed by atoms with Gasteiger partial charge in [-0.25, -0.2) is 4.98 Å². The van der Waals surface area contributed by atoms with Gasteiger partial charge in [0.25, 0.3) is 5.91 Å². The molecule has 0 unspecified atom stereocenters. The molecule has 27 heavy (non-hydrogen) atoms. The smallest absolute Gasteiger partial charge is 0.308 e. The molecule has 1 N–H and O–H groups in total.